The van der Waals surface area contributed by atoms with Crippen LogP contribution in [-0.4, -0.2) is 16.9 Å². The van der Waals surface area contributed by atoms with Gasteiger partial charge in [-0.15, -0.1) is 0 Å². The van der Waals surface area contributed by atoms with E-state index >= 15 is 0 Å². The molecule has 1 fully saturated rings. The van der Waals surface area contributed by atoms with E-state index < -0.39 is 0 Å². The van der Waals surface area contributed by atoms with Crippen LogP contribution in [0.4, 0.5) is 5.82 Å². The molecule has 1 heterocycles. The third kappa shape index (κ3) is 3.29. The summed E-state index contributed by atoms with van der Waals surface area (Å²) in [4.78, 5) is 18.5. The van der Waals surface area contributed by atoms with Crippen molar-refractivity contribution in [3.05, 3.63) is 24.4 Å². The number of aromatic nitrogens is 1. The first kappa shape index (κ1) is 12.1. The summed E-state index contributed by atoms with van der Waals surface area (Å²) in [6.07, 6.45) is 4.52. The van der Waals surface area contributed by atoms with Gasteiger partial charge in [0.15, 0.2) is 0 Å². The minimum atomic E-state index is 0.0268. The number of rotatable bonds is 3. The maximum Gasteiger partial charge on any atom is 0.228 e. The largest absolute Gasteiger partial charge is 0.294 e. The molecule has 0 aliphatic heterocycles. The number of nitrogens with zero attached hydrogens (tertiary/aromatic N) is 2. The van der Waals surface area contributed by atoms with Gasteiger partial charge in [-0.3, -0.25) is 9.69 Å². The van der Waals surface area contributed by atoms with E-state index in [1.54, 1.807) is 6.20 Å². The van der Waals surface area contributed by atoms with Gasteiger partial charge in [0, 0.05) is 18.7 Å². The van der Waals surface area contributed by atoms with Gasteiger partial charge >= 0.3 is 0 Å². The number of hydrogen-bond donors (Lipinski definition) is 0. The molecule has 92 valence electrons. The molecule has 3 nitrogen and oxygen atoms in total. The Balaban J connectivity index is 2.16. The topological polar surface area (TPSA) is 33.2 Å². The van der Waals surface area contributed by atoms with Gasteiger partial charge in [0.05, 0.1) is 0 Å². The van der Waals surface area contributed by atoms with Gasteiger partial charge in [0.25, 0.3) is 0 Å². The van der Waals surface area contributed by atoms with Crippen LogP contribution in [0.25, 0.3) is 0 Å². The Morgan fingerprint density at radius 3 is 2.59 bits per heavy atom. The summed E-state index contributed by atoms with van der Waals surface area (Å²) in [5, 5.41) is 0. The summed E-state index contributed by atoms with van der Waals surface area (Å²) >= 11 is 0. The van der Waals surface area contributed by atoms with Crippen molar-refractivity contribution in [3.63, 3.8) is 0 Å². The summed E-state index contributed by atoms with van der Waals surface area (Å²) in [5.74, 6) is 0.989. The Hall–Kier alpha value is -1.38. The van der Waals surface area contributed by atoms with E-state index in [0.29, 0.717) is 12.5 Å². The highest BCUT2D eigenvalue weighted by Gasteiger charge is 2.35. The summed E-state index contributed by atoms with van der Waals surface area (Å²) < 4.78 is 0. The van der Waals surface area contributed by atoms with E-state index in [1.165, 1.54) is 0 Å². The highest BCUT2D eigenvalue weighted by atomic mass is 16.2. The van der Waals surface area contributed by atoms with Gasteiger partial charge in [-0.25, -0.2) is 4.98 Å². The number of pyridine rings is 1. The van der Waals surface area contributed by atoms with Crippen LogP contribution in [0.1, 0.15) is 40.0 Å². The first-order chi connectivity index (χ1) is 7.97. The minimum absolute atomic E-state index is 0.0268. The van der Waals surface area contributed by atoms with Crippen LogP contribution in [0.15, 0.2) is 24.4 Å². The lowest BCUT2D eigenvalue weighted by molar-refractivity contribution is -0.120. The second kappa shape index (κ2) is 4.47. The lowest BCUT2D eigenvalue weighted by atomic mass is 9.91. The Bertz CT molecular complexity index is 390. The van der Waals surface area contributed by atoms with E-state index in [9.17, 15) is 4.79 Å². The molecule has 1 aromatic rings. The van der Waals surface area contributed by atoms with E-state index in [-0.39, 0.29) is 11.3 Å². The maximum atomic E-state index is 12.3. The molecule has 1 aliphatic rings. The number of anilines is 1. The van der Waals surface area contributed by atoms with Crippen molar-refractivity contribution in [2.24, 2.45) is 5.41 Å². The number of carbonyl (C=O) groups excluding carboxylic acids is 1. The molecule has 2 rings (SSSR count). The molecule has 0 atom stereocenters. The average Bonchev–Trinajstić information content (AvgIpc) is 3.01. The van der Waals surface area contributed by atoms with Gasteiger partial charge in [-0.2, -0.15) is 0 Å². The van der Waals surface area contributed by atoms with E-state index in [4.69, 9.17) is 0 Å². The van der Waals surface area contributed by atoms with Crippen LogP contribution in [0, 0.1) is 5.41 Å². The number of carbonyl (C=O) groups is 1. The molecule has 3 heteroatoms. The van der Waals surface area contributed by atoms with Crippen LogP contribution in [-0.2, 0) is 4.79 Å². The molecule has 0 N–H and O–H groups in total. The molecule has 0 bridgehead atoms. The fourth-order valence-electron chi connectivity index (χ4n) is 1.89. The lowest BCUT2D eigenvalue weighted by Crippen LogP contribution is -2.36. The predicted molar refractivity (Wildman–Crippen MR) is 68.8 cm³/mol. The smallest absolute Gasteiger partial charge is 0.228 e. The molecule has 1 aromatic heterocycles. The van der Waals surface area contributed by atoms with Crippen molar-refractivity contribution in [1.29, 1.82) is 0 Å². The molecule has 0 unspecified atom stereocenters. The lowest BCUT2D eigenvalue weighted by Gasteiger charge is -2.25. The monoisotopic (exact) mass is 232 g/mol. The molecule has 1 saturated carbocycles. The van der Waals surface area contributed by atoms with Crippen LogP contribution in [0.3, 0.4) is 0 Å². The zero-order chi connectivity index (χ0) is 12.5. The molecule has 0 spiro atoms. The van der Waals surface area contributed by atoms with Crippen LogP contribution >= 0.6 is 0 Å². The van der Waals surface area contributed by atoms with Gasteiger partial charge in [-0.1, -0.05) is 26.8 Å². The van der Waals surface area contributed by atoms with Crippen molar-refractivity contribution in [1.82, 2.24) is 4.98 Å². The predicted octanol–water partition coefficient (Wildman–Crippen LogP) is 3.01. The Labute approximate surface area is 103 Å². The molecule has 17 heavy (non-hydrogen) atoms. The summed E-state index contributed by atoms with van der Waals surface area (Å²) in [7, 11) is 0. The normalized spacial score (nSPS) is 15.7. The van der Waals surface area contributed by atoms with Gasteiger partial charge in [-0.05, 0) is 30.4 Å². The fourth-order valence-corrected chi connectivity index (χ4v) is 1.89. The molecule has 0 radical (unpaired) electrons. The van der Waals surface area contributed by atoms with Crippen molar-refractivity contribution < 1.29 is 4.79 Å². The molecule has 1 amide bonds. The molecular formula is C14H20N2O. The fraction of sp³-hybridized carbons (Fsp3) is 0.571. The van der Waals surface area contributed by atoms with Crippen molar-refractivity contribution in [2.75, 3.05) is 4.90 Å². The maximum absolute atomic E-state index is 12.3. The first-order valence-electron chi connectivity index (χ1n) is 6.20. The molecule has 1 aliphatic carbocycles. The summed E-state index contributed by atoms with van der Waals surface area (Å²) in [5.41, 5.74) is 0.0268. The average molecular weight is 232 g/mol. The van der Waals surface area contributed by atoms with E-state index in [1.807, 2.05) is 23.1 Å². The van der Waals surface area contributed by atoms with Gasteiger partial charge in [0.2, 0.25) is 5.91 Å². The van der Waals surface area contributed by atoms with Gasteiger partial charge < -0.3 is 0 Å². The van der Waals surface area contributed by atoms with Gasteiger partial charge in [0.1, 0.15) is 5.82 Å². The third-order valence-corrected chi connectivity index (χ3v) is 2.76. The SMILES string of the molecule is CC(C)(C)CC(=O)N(c1ccccn1)C1CC1. The molecular weight excluding hydrogens is 212 g/mol. The first-order valence-corrected chi connectivity index (χ1v) is 6.20. The third-order valence-electron chi connectivity index (χ3n) is 2.76. The molecule has 0 saturated heterocycles. The zero-order valence-electron chi connectivity index (χ0n) is 10.8. The second-order valence-electron chi connectivity index (χ2n) is 5.92. The zero-order valence-corrected chi connectivity index (χ0v) is 10.8. The van der Waals surface area contributed by atoms with E-state index in [2.05, 4.69) is 25.8 Å². The summed E-state index contributed by atoms with van der Waals surface area (Å²) in [6.45, 7) is 6.28. The minimum Gasteiger partial charge on any atom is -0.294 e. The highest BCUT2D eigenvalue weighted by molar-refractivity contribution is 5.93. The summed E-state index contributed by atoms with van der Waals surface area (Å²) in [6, 6.07) is 6.10. The Kier molecular flexibility index (Phi) is 3.18. The number of amides is 1. The van der Waals surface area contributed by atoms with E-state index in [0.717, 1.165) is 18.7 Å². The van der Waals surface area contributed by atoms with Crippen LogP contribution in [0.5, 0.6) is 0 Å². The van der Waals surface area contributed by atoms with Crippen molar-refractivity contribution in [2.45, 2.75) is 46.1 Å². The Morgan fingerprint density at radius 2 is 2.12 bits per heavy atom. The number of hydrogen-bond acceptors (Lipinski definition) is 2. The molecule has 0 aromatic carbocycles. The van der Waals surface area contributed by atoms with Crippen LogP contribution < -0.4 is 4.90 Å². The second-order valence-corrected chi connectivity index (χ2v) is 5.92. The van der Waals surface area contributed by atoms with Crippen molar-refractivity contribution >= 4 is 11.7 Å². The van der Waals surface area contributed by atoms with Crippen LogP contribution in [0.2, 0.25) is 0 Å². The van der Waals surface area contributed by atoms with Crippen molar-refractivity contribution in [3.8, 4) is 0 Å². The standard InChI is InChI=1S/C14H20N2O/c1-14(2,3)10-13(17)16(11-7-8-11)12-6-4-5-9-15-12/h4-6,9,11H,7-8,10H2,1-3H3. The quantitative estimate of drug-likeness (QED) is 0.802. The Morgan fingerprint density at radius 1 is 1.41 bits per heavy atom. The highest BCUT2D eigenvalue weighted by Crippen LogP contribution is 2.32.